The second kappa shape index (κ2) is 9.92. The molecule has 1 aliphatic rings. The number of nitrogens with one attached hydrogen (secondary N) is 1. The number of hydrogen-bond acceptors (Lipinski definition) is 5. The lowest BCUT2D eigenvalue weighted by atomic mass is 10.2. The highest BCUT2D eigenvalue weighted by atomic mass is 16.5. The monoisotopic (exact) mass is 379 g/mol. The molecule has 0 radical (unpaired) electrons. The van der Waals surface area contributed by atoms with Gasteiger partial charge in [-0.1, -0.05) is 49.0 Å². The van der Waals surface area contributed by atoms with Gasteiger partial charge in [-0.3, -0.25) is 4.90 Å². The van der Waals surface area contributed by atoms with E-state index in [0.29, 0.717) is 5.84 Å². The molecule has 0 aromatic heterocycles. The minimum atomic E-state index is 0.635. The van der Waals surface area contributed by atoms with Gasteiger partial charge in [0.15, 0.2) is 0 Å². The quantitative estimate of drug-likeness (QED) is 0.350. The van der Waals surface area contributed by atoms with Gasteiger partial charge in [-0.25, -0.2) is 10.8 Å². The van der Waals surface area contributed by atoms with Crippen LogP contribution in [0.2, 0.25) is 0 Å². The van der Waals surface area contributed by atoms with Gasteiger partial charge in [0.25, 0.3) is 0 Å². The summed E-state index contributed by atoms with van der Waals surface area (Å²) in [4.78, 5) is 9.39. The third kappa shape index (κ3) is 5.12. The van der Waals surface area contributed by atoms with Crippen molar-refractivity contribution in [3.63, 3.8) is 0 Å². The van der Waals surface area contributed by atoms with Gasteiger partial charge in [-0.2, -0.15) is 0 Å². The Morgan fingerprint density at radius 3 is 2.57 bits per heavy atom. The van der Waals surface area contributed by atoms with Crippen molar-refractivity contribution in [1.29, 1.82) is 0 Å². The second-order valence-corrected chi connectivity index (χ2v) is 6.83. The van der Waals surface area contributed by atoms with Crippen molar-refractivity contribution in [2.24, 2.45) is 10.8 Å². The van der Waals surface area contributed by atoms with Gasteiger partial charge in [0.05, 0.1) is 12.8 Å². The number of aliphatic imine (C=N–C) groups is 1. The summed E-state index contributed by atoms with van der Waals surface area (Å²) >= 11 is 0. The lowest BCUT2D eigenvalue weighted by molar-refractivity contribution is 0.317. The molecule has 1 fully saturated rings. The molecule has 0 saturated carbocycles. The third-order valence-electron chi connectivity index (χ3n) is 4.87. The Morgan fingerprint density at radius 2 is 1.82 bits per heavy atom. The molecular formula is C22H29N5O. The van der Waals surface area contributed by atoms with Crippen molar-refractivity contribution in [2.45, 2.75) is 6.42 Å². The fourth-order valence-electron chi connectivity index (χ4n) is 3.49. The van der Waals surface area contributed by atoms with Crippen molar-refractivity contribution >= 4 is 11.5 Å². The van der Waals surface area contributed by atoms with E-state index in [9.17, 15) is 0 Å². The van der Waals surface area contributed by atoms with Crippen LogP contribution < -0.4 is 20.9 Å². The topological polar surface area (TPSA) is 66.1 Å². The summed E-state index contributed by atoms with van der Waals surface area (Å²) in [6.45, 7) is 8.77. The Balaban J connectivity index is 1.61. The van der Waals surface area contributed by atoms with Crippen molar-refractivity contribution in [2.75, 3.05) is 44.7 Å². The highest BCUT2D eigenvalue weighted by molar-refractivity contribution is 5.98. The lowest BCUT2D eigenvalue weighted by Crippen LogP contribution is -2.33. The predicted octanol–water partition coefficient (Wildman–Crippen LogP) is 2.63. The highest BCUT2D eigenvalue weighted by Gasteiger charge is 2.18. The number of hydrogen-bond donors (Lipinski definition) is 2. The molecule has 1 aliphatic heterocycles. The number of benzene rings is 2. The number of methoxy groups -OCH3 is 1. The molecule has 3 rings (SSSR count). The molecule has 2 aromatic rings. The smallest absolute Gasteiger partial charge is 0.147 e. The molecule has 0 unspecified atom stereocenters. The molecule has 0 aliphatic carbocycles. The number of anilines is 1. The molecule has 28 heavy (non-hydrogen) atoms. The van der Waals surface area contributed by atoms with Crippen LogP contribution in [0, 0.1) is 0 Å². The van der Waals surface area contributed by atoms with Crippen LogP contribution in [0.25, 0.3) is 0 Å². The minimum absolute atomic E-state index is 0.635. The summed E-state index contributed by atoms with van der Waals surface area (Å²) in [5.41, 5.74) is 5.59. The number of nitrogens with zero attached hydrogens (tertiary/aromatic N) is 3. The van der Waals surface area contributed by atoms with Crippen LogP contribution in [0.4, 0.5) is 5.69 Å². The van der Waals surface area contributed by atoms with Gasteiger partial charge in [0, 0.05) is 44.0 Å². The van der Waals surface area contributed by atoms with Crippen LogP contribution in [0.3, 0.4) is 0 Å². The first-order valence-corrected chi connectivity index (χ1v) is 9.60. The first-order chi connectivity index (χ1) is 13.7. The standard InChI is InChI=1S/C22H29N5O/c1-18(24-22(25-23)19-9-4-3-5-10-19)17-26-13-8-14-27(16-15-26)20-11-6-7-12-21(20)28-2/h3-7,9-12H,1,8,13-17,23H2,2H3,(H,24,25). The normalized spacial score (nSPS) is 15.8. The maximum atomic E-state index is 5.67. The molecule has 0 spiro atoms. The zero-order valence-corrected chi connectivity index (χ0v) is 16.5. The van der Waals surface area contributed by atoms with Crippen LogP contribution in [0.15, 0.2) is 71.9 Å². The molecule has 6 heteroatoms. The number of rotatable bonds is 6. The Labute approximate surface area is 167 Å². The highest BCUT2D eigenvalue weighted by Crippen LogP contribution is 2.28. The Bertz CT molecular complexity index is 806. The van der Waals surface area contributed by atoms with E-state index in [1.807, 2.05) is 42.5 Å². The molecule has 0 atom stereocenters. The summed E-state index contributed by atoms with van der Waals surface area (Å²) in [6.07, 6.45) is 1.08. The van der Waals surface area contributed by atoms with Crippen molar-refractivity contribution in [3.8, 4) is 5.75 Å². The van der Waals surface area contributed by atoms with Crippen LogP contribution >= 0.6 is 0 Å². The van der Waals surface area contributed by atoms with E-state index in [0.717, 1.165) is 61.8 Å². The van der Waals surface area contributed by atoms with E-state index in [1.165, 1.54) is 0 Å². The van der Waals surface area contributed by atoms with Gasteiger partial charge < -0.3 is 15.1 Å². The molecule has 0 amide bonds. The Morgan fingerprint density at radius 1 is 1.07 bits per heavy atom. The maximum Gasteiger partial charge on any atom is 0.147 e. The molecule has 2 aromatic carbocycles. The number of ether oxygens (including phenoxy) is 1. The van der Waals surface area contributed by atoms with Crippen molar-refractivity contribution in [1.82, 2.24) is 10.3 Å². The summed E-state index contributed by atoms with van der Waals surface area (Å²) in [6, 6.07) is 18.0. The molecule has 148 valence electrons. The lowest BCUT2D eigenvalue weighted by Gasteiger charge is -2.25. The number of amidine groups is 1. The second-order valence-electron chi connectivity index (χ2n) is 6.83. The first-order valence-electron chi connectivity index (χ1n) is 9.60. The zero-order chi connectivity index (χ0) is 19.8. The van der Waals surface area contributed by atoms with Crippen molar-refractivity contribution < 1.29 is 4.74 Å². The van der Waals surface area contributed by atoms with E-state index < -0.39 is 0 Å². The van der Waals surface area contributed by atoms with Gasteiger partial charge in [0.1, 0.15) is 11.6 Å². The molecular weight excluding hydrogens is 350 g/mol. The average molecular weight is 380 g/mol. The van der Waals surface area contributed by atoms with E-state index in [-0.39, 0.29) is 0 Å². The predicted molar refractivity (Wildman–Crippen MR) is 116 cm³/mol. The van der Waals surface area contributed by atoms with E-state index in [1.54, 1.807) is 7.11 Å². The first kappa shape index (κ1) is 19.9. The minimum Gasteiger partial charge on any atom is -0.495 e. The molecule has 0 bridgehead atoms. The molecule has 1 saturated heterocycles. The summed E-state index contributed by atoms with van der Waals surface area (Å²) in [5, 5.41) is 0. The van der Waals surface area contributed by atoms with Crippen LogP contribution in [0.5, 0.6) is 5.75 Å². The zero-order valence-electron chi connectivity index (χ0n) is 16.5. The van der Waals surface area contributed by atoms with E-state index in [2.05, 4.69) is 38.9 Å². The third-order valence-corrected chi connectivity index (χ3v) is 4.87. The van der Waals surface area contributed by atoms with Gasteiger partial charge >= 0.3 is 0 Å². The van der Waals surface area contributed by atoms with Gasteiger partial charge in [0.2, 0.25) is 0 Å². The number of para-hydroxylation sites is 2. The summed E-state index contributed by atoms with van der Waals surface area (Å²) in [7, 11) is 1.72. The summed E-state index contributed by atoms with van der Waals surface area (Å²) < 4.78 is 5.52. The Hall–Kier alpha value is -2.83. The molecule has 6 nitrogen and oxygen atoms in total. The largest absolute Gasteiger partial charge is 0.495 e. The van der Waals surface area contributed by atoms with Gasteiger partial charge in [-0.15, -0.1) is 0 Å². The Kier molecular flexibility index (Phi) is 7.06. The van der Waals surface area contributed by atoms with Crippen LogP contribution in [0.1, 0.15) is 12.0 Å². The number of nitrogens with two attached hydrogens (primary N) is 1. The van der Waals surface area contributed by atoms with Crippen molar-refractivity contribution in [3.05, 3.63) is 72.4 Å². The van der Waals surface area contributed by atoms with E-state index in [4.69, 9.17) is 10.6 Å². The van der Waals surface area contributed by atoms with Crippen LogP contribution in [-0.2, 0) is 0 Å². The van der Waals surface area contributed by atoms with E-state index >= 15 is 0 Å². The maximum absolute atomic E-state index is 5.67. The fraction of sp³-hybridized carbons (Fsp3) is 0.318. The fourth-order valence-corrected chi connectivity index (χ4v) is 3.49. The molecule has 1 heterocycles. The molecule has 3 N–H and O–H groups in total. The van der Waals surface area contributed by atoms with Crippen LogP contribution in [-0.4, -0.2) is 50.6 Å². The average Bonchev–Trinajstić information content (AvgIpc) is 2.98. The number of hydrazine groups is 1. The summed E-state index contributed by atoms with van der Waals surface area (Å²) in [5.74, 6) is 7.23. The SMILES string of the molecule is C=C(CN1CCCN(c2ccccc2OC)CC1)N=C(NN)c1ccccc1. The van der Waals surface area contributed by atoms with Gasteiger partial charge in [-0.05, 0) is 18.6 Å².